The fraction of sp³-hybridized carbons (Fsp3) is 0.200. The van der Waals surface area contributed by atoms with E-state index in [0.717, 1.165) is 8.95 Å². The van der Waals surface area contributed by atoms with Crippen LogP contribution in [-0.2, 0) is 0 Å². The number of hydrogen-bond acceptors (Lipinski definition) is 2. The van der Waals surface area contributed by atoms with Crippen molar-refractivity contribution in [3.05, 3.63) is 39.3 Å². The lowest BCUT2D eigenvalue weighted by Crippen LogP contribution is -2.10. The van der Waals surface area contributed by atoms with Gasteiger partial charge in [-0.25, -0.2) is 0 Å². The van der Waals surface area contributed by atoms with Crippen molar-refractivity contribution in [2.24, 2.45) is 5.73 Å². The van der Waals surface area contributed by atoms with Gasteiger partial charge in [-0.05, 0) is 18.6 Å². The van der Waals surface area contributed by atoms with E-state index in [9.17, 15) is 5.11 Å². The van der Waals surface area contributed by atoms with Crippen molar-refractivity contribution in [2.75, 3.05) is 0 Å². The molecule has 3 N–H and O–H groups in total. The van der Waals surface area contributed by atoms with E-state index >= 15 is 0 Å². The highest BCUT2D eigenvalue weighted by Crippen LogP contribution is 2.35. The first-order valence-corrected chi connectivity index (χ1v) is 5.69. The van der Waals surface area contributed by atoms with E-state index in [0.29, 0.717) is 12.0 Å². The molecular weight excluding hydrogens is 310 g/mol. The van der Waals surface area contributed by atoms with Gasteiger partial charge in [0, 0.05) is 20.6 Å². The van der Waals surface area contributed by atoms with Gasteiger partial charge in [-0.1, -0.05) is 37.9 Å². The van der Waals surface area contributed by atoms with E-state index in [4.69, 9.17) is 5.73 Å². The molecule has 0 unspecified atom stereocenters. The number of aromatic hydroxyl groups is 1. The van der Waals surface area contributed by atoms with Crippen LogP contribution in [0.5, 0.6) is 5.75 Å². The van der Waals surface area contributed by atoms with Gasteiger partial charge in [-0.3, -0.25) is 0 Å². The molecule has 0 fully saturated rings. The second-order valence-corrected chi connectivity index (χ2v) is 4.72. The van der Waals surface area contributed by atoms with Crippen LogP contribution < -0.4 is 5.73 Å². The highest BCUT2D eigenvalue weighted by atomic mass is 79.9. The minimum absolute atomic E-state index is 0.195. The van der Waals surface area contributed by atoms with Crippen molar-refractivity contribution in [3.8, 4) is 5.75 Å². The second kappa shape index (κ2) is 4.96. The number of halogens is 2. The zero-order valence-electron chi connectivity index (χ0n) is 7.50. The summed E-state index contributed by atoms with van der Waals surface area (Å²) < 4.78 is 1.62. The van der Waals surface area contributed by atoms with Crippen LogP contribution in [0.15, 0.2) is 33.7 Å². The number of benzene rings is 1. The van der Waals surface area contributed by atoms with Crippen molar-refractivity contribution in [1.82, 2.24) is 0 Å². The van der Waals surface area contributed by atoms with E-state index in [1.807, 2.05) is 6.07 Å². The predicted octanol–water partition coefficient (Wildman–Crippen LogP) is 3.49. The van der Waals surface area contributed by atoms with Crippen LogP contribution in [0.25, 0.3) is 0 Å². The normalized spacial score (nSPS) is 12.5. The van der Waals surface area contributed by atoms with Gasteiger partial charge in [0.1, 0.15) is 5.75 Å². The molecular formula is C10H11Br2NO. The lowest BCUT2D eigenvalue weighted by atomic mass is 10.0. The second-order valence-electron chi connectivity index (χ2n) is 2.95. The Hall–Kier alpha value is -0.320. The average Bonchev–Trinajstić information content (AvgIpc) is 2.01. The maximum atomic E-state index is 9.69. The predicted molar refractivity (Wildman–Crippen MR) is 65.2 cm³/mol. The van der Waals surface area contributed by atoms with E-state index in [1.54, 1.807) is 12.1 Å². The fourth-order valence-corrected chi connectivity index (χ4v) is 2.73. The van der Waals surface area contributed by atoms with Gasteiger partial charge in [0.25, 0.3) is 0 Å². The highest BCUT2D eigenvalue weighted by molar-refractivity contribution is 9.11. The molecule has 2 nitrogen and oxygen atoms in total. The van der Waals surface area contributed by atoms with E-state index in [2.05, 4.69) is 38.4 Å². The van der Waals surface area contributed by atoms with Crippen molar-refractivity contribution in [1.29, 1.82) is 0 Å². The minimum Gasteiger partial charge on any atom is -0.508 e. The third-order valence-electron chi connectivity index (χ3n) is 1.86. The first-order chi connectivity index (χ1) is 6.56. The maximum absolute atomic E-state index is 9.69. The Kier molecular flexibility index (Phi) is 4.16. The molecule has 0 saturated carbocycles. The first kappa shape index (κ1) is 11.8. The summed E-state index contributed by atoms with van der Waals surface area (Å²) in [7, 11) is 0. The smallest absolute Gasteiger partial charge is 0.122 e. The monoisotopic (exact) mass is 319 g/mol. The summed E-state index contributed by atoms with van der Waals surface area (Å²) in [6.45, 7) is 3.62. The Morgan fingerprint density at radius 2 is 2.14 bits per heavy atom. The molecule has 0 saturated heterocycles. The Labute approximate surface area is 100 Å². The molecule has 1 aromatic carbocycles. The summed E-state index contributed by atoms with van der Waals surface area (Å²) in [6, 6.07) is 3.26. The van der Waals surface area contributed by atoms with Crippen LogP contribution in [0, 0.1) is 0 Å². The number of phenolic OH excluding ortho intramolecular Hbond substituents is 1. The van der Waals surface area contributed by atoms with Crippen LogP contribution in [0.4, 0.5) is 0 Å². The fourth-order valence-electron chi connectivity index (χ4n) is 1.24. The molecule has 0 radical (unpaired) electrons. The third kappa shape index (κ3) is 2.59. The summed E-state index contributed by atoms with van der Waals surface area (Å²) >= 11 is 6.65. The molecule has 1 aromatic rings. The SMILES string of the molecule is C=CC[C@H](N)c1c(O)cc(Br)cc1Br. The number of rotatable bonds is 3. The van der Waals surface area contributed by atoms with Gasteiger partial charge in [-0.15, -0.1) is 6.58 Å². The van der Waals surface area contributed by atoms with Crippen molar-refractivity contribution in [2.45, 2.75) is 12.5 Å². The first-order valence-electron chi connectivity index (χ1n) is 4.10. The zero-order valence-corrected chi connectivity index (χ0v) is 10.7. The molecule has 0 heterocycles. The Morgan fingerprint density at radius 1 is 1.50 bits per heavy atom. The molecule has 0 spiro atoms. The quantitative estimate of drug-likeness (QED) is 0.837. The number of nitrogens with two attached hydrogens (primary N) is 1. The van der Waals surface area contributed by atoms with Crippen LogP contribution in [0.3, 0.4) is 0 Å². The molecule has 0 aliphatic carbocycles. The molecule has 4 heteroatoms. The Morgan fingerprint density at radius 3 is 2.64 bits per heavy atom. The van der Waals surface area contributed by atoms with Gasteiger partial charge < -0.3 is 10.8 Å². The molecule has 0 aliphatic rings. The highest BCUT2D eigenvalue weighted by Gasteiger charge is 2.14. The lowest BCUT2D eigenvalue weighted by Gasteiger charge is -2.14. The van der Waals surface area contributed by atoms with Gasteiger partial charge in [-0.2, -0.15) is 0 Å². The third-order valence-corrected chi connectivity index (χ3v) is 2.98. The molecule has 0 bridgehead atoms. The summed E-state index contributed by atoms with van der Waals surface area (Å²) in [4.78, 5) is 0. The van der Waals surface area contributed by atoms with Crippen LogP contribution in [-0.4, -0.2) is 5.11 Å². The maximum Gasteiger partial charge on any atom is 0.122 e. The molecule has 76 valence electrons. The largest absolute Gasteiger partial charge is 0.508 e. The topological polar surface area (TPSA) is 46.2 Å². The van der Waals surface area contributed by atoms with Crippen LogP contribution in [0.2, 0.25) is 0 Å². The summed E-state index contributed by atoms with van der Waals surface area (Å²) in [5.74, 6) is 0.195. The van der Waals surface area contributed by atoms with Crippen LogP contribution in [0.1, 0.15) is 18.0 Å². The Balaban J connectivity index is 3.13. The lowest BCUT2D eigenvalue weighted by molar-refractivity contribution is 0.460. The van der Waals surface area contributed by atoms with Gasteiger partial charge in [0.15, 0.2) is 0 Å². The van der Waals surface area contributed by atoms with Crippen molar-refractivity contribution in [3.63, 3.8) is 0 Å². The summed E-state index contributed by atoms with van der Waals surface area (Å²) in [5.41, 5.74) is 6.60. The standard InChI is InChI=1S/C10H11Br2NO/c1-2-3-8(13)10-7(12)4-6(11)5-9(10)14/h2,4-5,8,14H,1,3,13H2/t8-/m0/s1. The van der Waals surface area contributed by atoms with Gasteiger partial charge in [0.2, 0.25) is 0 Å². The molecule has 0 amide bonds. The zero-order chi connectivity index (χ0) is 10.7. The molecule has 0 aromatic heterocycles. The van der Waals surface area contributed by atoms with Gasteiger partial charge >= 0.3 is 0 Å². The molecule has 1 rings (SSSR count). The van der Waals surface area contributed by atoms with E-state index in [1.165, 1.54) is 0 Å². The molecule has 14 heavy (non-hydrogen) atoms. The van der Waals surface area contributed by atoms with E-state index < -0.39 is 0 Å². The summed E-state index contributed by atoms with van der Waals surface area (Å²) in [6.07, 6.45) is 2.37. The average molecular weight is 321 g/mol. The Bertz CT molecular complexity index is 329. The summed E-state index contributed by atoms with van der Waals surface area (Å²) in [5, 5.41) is 9.69. The number of hydrogen-bond donors (Lipinski definition) is 2. The molecule has 0 aliphatic heterocycles. The van der Waals surface area contributed by atoms with Crippen molar-refractivity contribution >= 4 is 31.9 Å². The number of phenols is 1. The minimum atomic E-state index is -0.227. The van der Waals surface area contributed by atoms with Crippen LogP contribution >= 0.6 is 31.9 Å². The van der Waals surface area contributed by atoms with E-state index in [-0.39, 0.29) is 11.8 Å². The van der Waals surface area contributed by atoms with Gasteiger partial charge in [0.05, 0.1) is 0 Å². The van der Waals surface area contributed by atoms with Crippen molar-refractivity contribution < 1.29 is 5.11 Å². The molecule has 1 atom stereocenters.